The van der Waals surface area contributed by atoms with Crippen LogP contribution in [0.1, 0.15) is 44.3 Å². The summed E-state index contributed by atoms with van der Waals surface area (Å²) in [6.07, 6.45) is 9.25. The number of aromatic nitrogens is 2. The highest BCUT2D eigenvalue weighted by molar-refractivity contribution is 6.05. The highest BCUT2D eigenvalue weighted by atomic mass is 16.2. The standard InChI is InChI=1S/C15H22N4O2/c1-18-8-7-16-13(18)10-17-12-9-14(20)19(15(12)21)11-5-3-2-4-6-11/h7-8,11-12,17H,2-6,9-10H2,1H3. The summed E-state index contributed by atoms with van der Waals surface area (Å²) in [4.78, 5) is 30.4. The first-order valence-electron chi connectivity index (χ1n) is 7.72. The first-order valence-corrected chi connectivity index (χ1v) is 7.72. The summed E-state index contributed by atoms with van der Waals surface area (Å²) < 4.78 is 1.91. The molecular weight excluding hydrogens is 268 g/mol. The third-order valence-corrected chi connectivity index (χ3v) is 4.55. The molecule has 1 atom stereocenters. The second-order valence-electron chi connectivity index (χ2n) is 5.99. The van der Waals surface area contributed by atoms with E-state index in [0.29, 0.717) is 6.54 Å². The summed E-state index contributed by atoms with van der Waals surface area (Å²) in [6.45, 7) is 0.506. The normalized spacial score (nSPS) is 24.0. The Morgan fingerprint density at radius 2 is 2.05 bits per heavy atom. The summed E-state index contributed by atoms with van der Waals surface area (Å²) in [5.74, 6) is 0.789. The lowest BCUT2D eigenvalue weighted by Crippen LogP contribution is -2.44. The van der Waals surface area contributed by atoms with Crippen LogP contribution in [0.3, 0.4) is 0 Å². The largest absolute Gasteiger partial charge is 0.337 e. The molecular formula is C15H22N4O2. The maximum absolute atomic E-state index is 12.5. The van der Waals surface area contributed by atoms with Crippen molar-refractivity contribution in [3.05, 3.63) is 18.2 Å². The molecule has 2 aliphatic rings. The Balaban J connectivity index is 1.61. The molecule has 0 bridgehead atoms. The molecule has 6 nitrogen and oxygen atoms in total. The van der Waals surface area contributed by atoms with Gasteiger partial charge in [0.05, 0.1) is 19.0 Å². The van der Waals surface area contributed by atoms with Gasteiger partial charge >= 0.3 is 0 Å². The molecule has 0 aromatic carbocycles. The van der Waals surface area contributed by atoms with Crippen LogP contribution in [0, 0.1) is 0 Å². The van der Waals surface area contributed by atoms with Crippen LogP contribution in [0.5, 0.6) is 0 Å². The van der Waals surface area contributed by atoms with Crippen molar-refractivity contribution in [2.24, 2.45) is 7.05 Å². The summed E-state index contributed by atoms with van der Waals surface area (Å²) in [7, 11) is 1.92. The molecule has 1 N–H and O–H groups in total. The van der Waals surface area contributed by atoms with Crippen LogP contribution in [0.15, 0.2) is 12.4 Å². The second kappa shape index (κ2) is 5.97. The van der Waals surface area contributed by atoms with E-state index >= 15 is 0 Å². The van der Waals surface area contributed by atoms with Gasteiger partial charge in [0, 0.05) is 25.5 Å². The molecule has 0 spiro atoms. The molecule has 0 radical (unpaired) electrons. The number of aryl methyl sites for hydroxylation is 1. The second-order valence-corrected chi connectivity index (χ2v) is 5.99. The van der Waals surface area contributed by atoms with E-state index in [-0.39, 0.29) is 24.3 Å². The lowest BCUT2D eigenvalue weighted by Gasteiger charge is -2.29. The Hall–Kier alpha value is -1.69. The van der Waals surface area contributed by atoms with Gasteiger partial charge in [-0.3, -0.25) is 19.8 Å². The minimum absolute atomic E-state index is 0.0239. The van der Waals surface area contributed by atoms with Gasteiger partial charge in [0.25, 0.3) is 0 Å². The van der Waals surface area contributed by atoms with Crippen LogP contribution in [0.2, 0.25) is 0 Å². The van der Waals surface area contributed by atoms with Crippen LogP contribution in [-0.4, -0.2) is 38.3 Å². The van der Waals surface area contributed by atoms with E-state index in [1.165, 1.54) is 11.3 Å². The van der Waals surface area contributed by atoms with Crippen molar-refractivity contribution in [1.29, 1.82) is 0 Å². The van der Waals surface area contributed by atoms with Crippen LogP contribution in [-0.2, 0) is 23.2 Å². The maximum atomic E-state index is 12.5. The molecule has 2 fully saturated rings. The molecule has 1 aliphatic heterocycles. The van der Waals surface area contributed by atoms with Gasteiger partial charge in [0.15, 0.2) is 0 Å². The summed E-state index contributed by atoms with van der Waals surface area (Å²) in [5, 5.41) is 3.18. The molecule has 1 saturated carbocycles. The fourth-order valence-electron chi connectivity index (χ4n) is 3.31. The van der Waals surface area contributed by atoms with E-state index in [4.69, 9.17) is 0 Å². The van der Waals surface area contributed by atoms with Gasteiger partial charge in [-0.2, -0.15) is 0 Å². The van der Waals surface area contributed by atoms with E-state index < -0.39 is 6.04 Å². The van der Waals surface area contributed by atoms with Crippen LogP contribution < -0.4 is 5.32 Å². The molecule has 1 aliphatic carbocycles. The van der Waals surface area contributed by atoms with E-state index in [1.807, 2.05) is 17.8 Å². The Bertz CT molecular complexity index is 534. The van der Waals surface area contributed by atoms with Gasteiger partial charge in [-0.05, 0) is 12.8 Å². The lowest BCUT2D eigenvalue weighted by molar-refractivity contribution is -0.142. The van der Waals surface area contributed by atoms with Crippen LogP contribution in [0.4, 0.5) is 0 Å². The predicted octanol–water partition coefficient (Wildman–Crippen LogP) is 0.970. The fraction of sp³-hybridized carbons (Fsp3) is 0.667. The van der Waals surface area contributed by atoms with Crippen molar-refractivity contribution < 1.29 is 9.59 Å². The summed E-state index contributed by atoms with van der Waals surface area (Å²) in [6, 6.07) is -0.269. The van der Waals surface area contributed by atoms with Gasteiger partial charge in [0.1, 0.15) is 5.82 Å². The summed E-state index contributed by atoms with van der Waals surface area (Å²) >= 11 is 0. The highest BCUT2D eigenvalue weighted by Crippen LogP contribution is 2.27. The van der Waals surface area contributed by atoms with E-state index in [2.05, 4.69) is 10.3 Å². The van der Waals surface area contributed by atoms with Crippen molar-refractivity contribution >= 4 is 11.8 Å². The molecule has 114 valence electrons. The van der Waals surface area contributed by atoms with Crippen molar-refractivity contribution in [3.8, 4) is 0 Å². The van der Waals surface area contributed by atoms with Gasteiger partial charge < -0.3 is 4.57 Å². The van der Waals surface area contributed by atoms with Gasteiger partial charge in [-0.1, -0.05) is 19.3 Å². The first kappa shape index (κ1) is 14.3. The number of likely N-dealkylation sites (tertiary alicyclic amines) is 1. The topological polar surface area (TPSA) is 67.2 Å². The number of amides is 2. The lowest BCUT2D eigenvalue weighted by atomic mass is 9.94. The third-order valence-electron chi connectivity index (χ3n) is 4.55. The Kier molecular flexibility index (Phi) is 4.05. The number of imide groups is 1. The number of nitrogens with zero attached hydrogens (tertiary/aromatic N) is 3. The zero-order chi connectivity index (χ0) is 14.8. The molecule has 1 aromatic rings. The number of carbonyl (C=O) groups is 2. The van der Waals surface area contributed by atoms with Crippen molar-refractivity contribution in [2.45, 2.75) is 57.2 Å². The monoisotopic (exact) mass is 290 g/mol. The molecule has 2 amide bonds. The number of rotatable bonds is 4. The summed E-state index contributed by atoms with van der Waals surface area (Å²) in [5.41, 5.74) is 0. The minimum Gasteiger partial charge on any atom is -0.337 e. The van der Waals surface area contributed by atoms with E-state index in [0.717, 1.165) is 31.5 Å². The molecule has 21 heavy (non-hydrogen) atoms. The molecule has 2 heterocycles. The Morgan fingerprint density at radius 3 is 2.71 bits per heavy atom. The number of hydrogen-bond acceptors (Lipinski definition) is 4. The number of imidazole rings is 1. The zero-order valence-electron chi connectivity index (χ0n) is 12.4. The first-order chi connectivity index (χ1) is 10.2. The Labute approximate surface area is 124 Å². The zero-order valence-corrected chi connectivity index (χ0v) is 12.4. The number of nitrogens with one attached hydrogen (secondary N) is 1. The maximum Gasteiger partial charge on any atom is 0.247 e. The fourth-order valence-corrected chi connectivity index (χ4v) is 3.31. The van der Waals surface area contributed by atoms with Crippen LogP contribution >= 0.6 is 0 Å². The van der Waals surface area contributed by atoms with Crippen molar-refractivity contribution in [3.63, 3.8) is 0 Å². The van der Waals surface area contributed by atoms with E-state index in [9.17, 15) is 9.59 Å². The molecule has 3 rings (SSSR count). The number of hydrogen-bond donors (Lipinski definition) is 1. The van der Waals surface area contributed by atoms with Gasteiger partial charge in [0.2, 0.25) is 11.8 Å². The molecule has 1 unspecified atom stereocenters. The highest BCUT2D eigenvalue weighted by Gasteiger charge is 2.42. The average molecular weight is 290 g/mol. The van der Waals surface area contributed by atoms with Crippen molar-refractivity contribution in [2.75, 3.05) is 0 Å². The van der Waals surface area contributed by atoms with Gasteiger partial charge in [-0.15, -0.1) is 0 Å². The van der Waals surface area contributed by atoms with Crippen LogP contribution in [0.25, 0.3) is 0 Å². The predicted molar refractivity (Wildman–Crippen MR) is 77.2 cm³/mol. The Morgan fingerprint density at radius 1 is 1.29 bits per heavy atom. The number of carbonyl (C=O) groups excluding carboxylic acids is 2. The van der Waals surface area contributed by atoms with E-state index in [1.54, 1.807) is 6.20 Å². The smallest absolute Gasteiger partial charge is 0.247 e. The van der Waals surface area contributed by atoms with Gasteiger partial charge in [-0.25, -0.2) is 4.98 Å². The SMILES string of the molecule is Cn1ccnc1CNC1CC(=O)N(C2CCCCC2)C1=O. The minimum atomic E-state index is -0.392. The molecule has 1 aromatic heterocycles. The third kappa shape index (κ3) is 2.85. The average Bonchev–Trinajstić information content (AvgIpc) is 3.01. The molecule has 1 saturated heterocycles. The molecule has 6 heteroatoms. The van der Waals surface area contributed by atoms with Crippen molar-refractivity contribution in [1.82, 2.24) is 19.8 Å². The quantitative estimate of drug-likeness (QED) is 0.839.